The summed E-state index contributed by atoms with van der Waals surface area (Å²) in [7, 11) is 1.63. The summed E-state index contributed by atoms with van der Waals surface area (Å²) < 4.78 is 5.19. The van der Waals surface area contributed by atoms with E-state index in [0.717, 1.165) is 32.7 Å². The van der Waals surface area contributed by atoms with E-state index in [2.05, 4.69) is 9.98 Å². The van der Waals surface area contributed by atoms with Crippen LogP contribution < -0.4 is 4.74 Å². The highest BCUT2D eigenvalue weighted by Crippen LogP contribution is 2.30. The monoisotopic (exact) mass is 416 g/mol. The molecule has 4 aromatic rings. The molecular formula is C24H20N2O3S. The standard InChI is InChI=1S/C24H20N2O3S/c1-15-23(30-24(26-15)16-7-10-18(29-2)11-8-16)22(28)14-25-13-17-9-12-21(27)20-6-4-3-5-19(17)20/h3-13,27H,14H2,1-2H3. The first-order valence-corrected chi connectivity index (χ1v) is 10.2. The predicted molar refractivity (Wildman–Crippen MR) is 121 cm³/mol. The number of hydrogen-bond acceptors (Lipinski definition) is 6. The van der Waals surface area contributed by atoms with Crippen LogP contribution in [0.25, 0.3) is 21.3 Å². The molecule has 0 fully saturated rings. The number of aryl methyl sites for hydroxylation is 1. The number of ketones is 1. The van der Waals surface area contributed by atoms with E-state index in [0.29, 0.717) is 10.6 Å². The number of phenolic OH excluding ortho intramolecular Hbond substituents is 1. The SMILES string of the molecule is COc1ccc(-c2nc(C)c(C(=O)CN=Cc3ccc(O)c4ccccc34)s2)cc1. The molecule has 30 heavy (non-hydrogen) atoms. The zero-order valence-corrected chi connectivity index (χ0v) is 17.4. The summed E-state index contributed by atoms with van der Waals surface area (Å²) in [6.07, 6.45) is 1.68. The van der Waals surface area contributed by atoms with Crippen molar-refractivity contribution in [2.24, 2.45) is 4.99 Å². The van der Waals surface area contributed by atoms with Crippen molar-refractivity contribution < 1.29 is 14.6 Å². The number of Topliss-reactive ketones (excluding diaryl/α,β-unsaturated/α-hetero) is 1. The van der Waals surface area contributed by atoms with E-state index in [1.54, 1.807) is 25.5 Å². The molecule has 0 aliphatic heterocycles. The normalized spacial score (nSPS) is 11.3. The molecule has 0 amide bonds. The number of carbonyl (C=O) groups excluding carboxylic acids is 1. The number of fused-ring (bicyclic) bond motifs is 1. The number of ether oxygens (including phenoxy) is 1. The fraction of sp³-hybridized carbons (Fsp3) is 0.125. The van der Waals surface area contributed by atoms with Crippen molar-refractivity contribution in [1.82, 2.24) is 4.98 Å². The average Bonchev–Trinajstić information content (AvgIpc) is 3.17. The quantitative estimate of drug-likeness (QED) is 0.342. The number of methoxy groups -OCH3 is 1. The lowest BCUT2D eigenvalue weighted by Crippen LogP contribution is -2.03. The maximum atomic E-state index is 12.7. The zero-order valence-electron chi connectivity index (χ0n) is 16.6. The van der Waals surface area contributed by atoms with Gasteiger partial charge in [0.25, 0.3) is 0 Å². The second-order valence-corrected chi connectivity index (χ2v) is 7.77. The second-order valence-electron chi connectivity index (χ2n) is 6.77. The fourth-order valence-corrected chi connectivity index (χ4v) is 4.23. The van der Waals surface area contributed by atoms with Gasteiger partial charge in [-0.15, -0.1) is 11.3 Å². The second kappa shape index (κ2) is 8.47. The van der Waals surface area contributed by atoms with Crippen LogP contribution in [0.3, 0.4) is 0 Å². The number of aromatic hydroxyl groups is 1. The van der Waals surface area contributed by atoms with Crippen LogP contribution in [0, 0.1) is 6.92 Å². The van der Waals surface area contributed by atoms with Gasteiger partial charge in [-0.25, -0.2) is 4.98 Å². The van der Waals surface area contributed by atoms with Crippen molar-refractivity contribution in [2.75, 3.05) is 13.7 Å². The van der Waals surface area contributed by atoms with Crippen LogP contribution in [0.15, 0.2) is 65.7 Å². The van der Waals surface area contributed by atoms with E-state index in [9.17, 15) is 9.90 Å². The minimum Gasteiger partial charge on any atom is -0.507 e. The van der Waals surface area contributed by atoms with Gasteiger partial charge >= 0.3 is 0 Å². The third-order valence-corrected chi connectivity index (χ3v) is 6.03. The number of benzene rings is 3. The van der Waals surface area contributed by atoms with E-state index in [1.165, 1.54) is 11.3 Å². The maximum absolute atomic E-state index is 12.7. The van der Waals surface area contributed by atoms with Crippen LogP contribution in [0.2, 0.25) is 0 Å². The van der Waals surface area contributed by atoms with Gasteiger partial charge in [-0.1, -0.05) is 24.3 Å². The molecular weight excluding hydrogens is 396 g/mol. The number of hydrogen-bond donors (Lipinski definition) is 1. The Bertz CT molecular complexity index is 1240. The van der Waals surface area contributed by atoms with Crippen LogP contribution in [0.5, 0.6) is 11.5 Å². The first-order valence-electron chi connectivity index (χ1n) is 9.42. The molecule has 0 unspecified atom stereocenters. The molecule has 0 atom stereocenters. The highest BCUT2D eigenvalue weighted by molar-refractivity contribution is 7.17. The number of aliphatic imine (C=N–C) groups is 1. The Balaban J connectivity index is 1.52. The molecule has 0 saturated carbocycles. The zero-order chi connectivity index (χ0) is 21.1. The molecule has 1 N–H and O–H groups in total. The summed E-state index contributed by atoms with van der Waals surface area (Å²) in [6, 6.07) is 18.6. The summed E-state index contributed by atoms with van der Waals surface area (Å²) >= 11 is 1.38. The van der Waals surface area contributed by atoms with Crippen molar-refractivity contribution in [3.05, 3.63) is 76.8 Å². The van der Waals surface area contributed by atoms with Gasteiger partial charge in [0.05, 0.1) is 17.7 Å². The Morgan fingerprint density at radius 1 is 1.10 bits per heavy atom. The largest absolute Gasteiger partial charge is 0.507 e. The molecule has 5 nitrogen and oxygen atoms in total. The summed E-state index contributed by atoms with van der Waals surface area (Å²) in [5, 5.41) is 12.5. The van der Waals surface area contributed by atoms with Gasteiger partial charge in [-0.05, 0) is 48.7 Å². The number of aromatic nitrogens is 1. The molecule has 150 valence electrons. The smallest absolute Gasteiger partial charge is 0.196 e. The number of phenols is 1. The van der Waals surface area contributed by atoms with Gasteiger partial charge in [0, 0.05) is 22.7 Å². The lowest BCUT2D eigenvalue weighted by atomic mass is 10.0. The van der Waals surface area contributed by atoms with Crippen LogP contribution in [-0.4, -0.2) is 35.7 Å². The highest BCUT2D eigenvalue weighted by atomic mass is 32.1. The third-order valence-electron chi connectivity index (χ3n) is 4.79. The fourth-order valence-electron chi connectivity index (χ4n) is 3.23. The third kappa shape index (κ3) is 3.95. The van der Waals surface area contributed by atoms with Crippen LogP contribution in [0.4, 0.5) is 0 Å². The molecule has 0 aliphatic carbocycles. The summed E-state index contributed by atoms with van der Waals surface area (Å²) in [4.78, 5) is 22.2. The average molecular weight is 417 g/mol. The Hall–Kier alpha value is -3.51. The van der Waals surface area contributed by atoms with Crippen LogP contribution >= 0.6 is 11.3 Å². The lowest BCUT2D eigenvalue weighted by Gasteiger charge is -2.04. The van der Waals surface area contributed by atoms with Crippen LogP contribution in [0.1, 0.15) is 20.9 Å². The molecule has 1 aromatic heterocycles. The van der Waals surface area contributed by atoms with Gasteiger partial charge in [0.2, 0.25) is 0 Å². The minimum absolute atomic E-state index is 0.0420. The first kappa shape index (κ1) is 19.8. The van der Waals surface area contributed by atoms with Gasteiger partial charge in [0.1, 0.15) is 23.1 Å². The van der Waals surface area contributed by atoms with Gasteiger partial charge in [-0.3, -0.25) is 9.79 Å². The number of rotatable bonds is 6. The first-order chi connectivity index (χ1) is 14.6. The Labute approximate surface area is 178 Å². The number of carbonyl (C=O) groups is 1. The molecule has 0 spiro atoms. The minimum atomic E-state index is -0.0657. The van der Waals surface area contributed by atoms with Gasteiger partial charge in [0.15, 0.2) is 5.78 Å². The summed E-state index contributed by atoms with van der Waals surface area (Å²) in [5.41, 5.74) is 2.51. The Morgan fingerprint density at radius 3 is 2.57 bits per heavy atom. The van der Waals surface area contributed by atoms with Gasteiger partial charge < -0.3 is 9.84 Å². The summed E-state index contributed by atoms with van der Waals surface area (Å²) in [5.74, 6) is 0.939. The Kier molecular flexibility index (Phi) is 5.59. The highest BCUT2D eigenvalue weighted by Gasteiger charge is 2.16. The molecule has 0 radical (unpaired) electrons. The van der Waals surface area contributed by atoms with Gasteiger partial charge in [-0.2, -0.15) is 0 Å². The summed E-state index contributed by atoms with van der Waals surface area (Å²) in [6.45, 7) is 1.88. The molecule has 0 bridgehead atoms. The number of thiazole rings is 1. The lowest BCUT2D eigenvalue weighted by molar-refractivity contribution is 0.100. The maximum Gasteiger partial charge on any atom is 0.196 e. The topological polar surface area (TPSA) is 71.8 Å². The van der Waals surface area contributed by atoms with E-state index in [-0.39, 0.29) is 18.1 Å². The van der Waals surface area contributed by atoms with Crippen LogP contribution in [-0.2, 0) is 0 Å². The van der Waals surface area contributed by atoms with E-state index < -0.39 is 0 Å². The number of nitrogens with zero attached hydrogens (tertiary/aromatic N) is 2. The molecule has 6 heteroatoms. The van der Waals surface area contributed by atoms with Crippen molar-refractivity contribution in [3.63, 3.8) is 0 Å². The van der Waals surface area contributed by atoms with Crippen molar-refractivity contribution >= 4 is 34.1 Å². The van der Waals surface area contributed by atoms with E-state index in [4.69, 9.17) is 4.74 Å². The molecule has 1 heterocycles. The van der Waals surface area contributed by atoms with Crippen molar-refractivity contribution in [1.29, 1.82) is 0 Å². The van der Waals surface area contributed by atoms with Crippen molar-refractivity contribution in [2.45, 2.75) is 6.92 Å². The predicted octanol–water partition coefficient (Wildman–Crippen LogP) is 5.29. The molecule has 4 rings (SSSR count). The van der Waals surface area contributed by atoms with E-state index in [1.807, 2.05) is 55.5 Å². The van der Waals surface area contributed by atoms with E-state index >= 15 is 0 Å². The molecule has 0 saturated heterocycles. The van der Waals surface area contributed by atoms with Crippen molar-refractivity contribution in [3.8, 4) is 22.1 Å². The molecule has 3 aromatic carbocycles. The Morgan fingerprint density at radius 2 is 1.83 bits per heavy atom. The molecule has 0 aliphatic rings.